The molecule has 0 aliphatic carbocycles. The maximum absolute atomic E-state index is 6.02. The summed E-state index contributed by atoms with van der Waals surface area (Å²) in [6.07, 6.45) is 1.50. The number of nitrogens with two attached hydrogens (primary N) is 1. The van der Waals surface area contributed by atoms with Crippen LogP contribution in [0.5, 0.6) is 5.75 Å². The molecule has 0 spiro atoms. The second-order valence-corrected chi connectivity index (χ2v) is 4.88. The van der Waals surface area contributed by atoms with Crippen molar-refractivity contribution in [1.82, 2.24) is 9.97 Å². The molecule has 0 bridgehead atoms. The molecule has 0 amide bonds. The molecule has 2 aromatic carbocycles. The van der Waals surface area contributed by atoms with Crippen molar-refractivity contribution in [3.05, 3.63) is 47.7 Å². The summed E-state index contributed by atoms with van der Waals surface area (Å²) in [5.74, 6) is 1.30. The van der Waals surface area contributed by atoms with Gasteiger partial charge in [0.25, 0.3) is 0 Å². The highest BCUT2D eigenvalue weighted by atomic mass is 35.5. The van der Waals surface area contributed by atoms with Gasteiger partial charge in [-0.25, -0.2) is 9.97 Å². The van der Waals surface area contributed by atoms with Gasteiger partial charge >= 0.3 is 0 Å². The Morgan fingerprint density at radius 2 is 2.00 bits per heavy atom. The van der Waals surface area contributed by atoms with E-state index < -0.39 is 0 Å². The summed E-state index contributed by atoms with van der Waals surface area (Å²) in [7, 11) is 1.58. The molecule has 0 unspecified atom stereocenters. The third-order valence-electron chi connectivity index (χ3n) is 3.07. The van der Waals surface area contributed by atoms with Crippen LogP contribution in [0.3, 0.4) is 0 Å². The molecule has 0 fully saturated rings. The lowest BCUT2D eigenvalue weighted by atomic mass is 10.2. The molecule has 3 rings (SSSR count). The molecule has 5 nitrogen and oxygen atoms in total. The largest absolute Gasteiger partial charge is 0.495 e. The van der Waals surface area contributed by atoms with Gasteiger partial charge in [-0.1, -0.05) is 11.6 Å². The first kappa shape index (κ1) is 13.5. The lowest BCUT2D eigenvalue weighted by molar-refractivity contribution is 0.415. The average Bonchev–Trinajstić information content (AvgIpc) is 2.49. The van der Waals surface area contributed by atoms with Crippen LogP contribution < -0.4 is 15.8 Å². The number of methoxy groups -OCH3 is 1. The summed E-state index contributed by atoms with van der Waals surface area (Å²) < 4.78 is 5.21. The highest BCUT2D eigenvalue weighted by molar-refractivity contribution is 6.32. The molecule has 0 saturated carbocycles. The van der Waals surface area contributed by atoms with Crippen LogP contribution in [0.1, 0.15) is 0 Å². The van der Waals surface area contributed by atoms with Crippen LogP contribution in [-0.2, 0) is 0 Å². The van der Waals surface area contributed by atoms with Crippen molar-refractivity contribution >= 4 is 39.7 Å². The number of rotatable bonds is 3. The molecule has 6 heteroatoms. The Morgan fingerprint density at radius 1 is 1.14 bits per heavy atom. The summed E-state index contributed by atoms with van der Waals surface area (Å²) in [6, 6.07) is 11.0. The van der Waals surface area contributed by atoms with Gasteiger partial charge in [0.15, 0.2) is 0 Å². The van der Waals surface area contributed by atoms with Crippen LogP contribution in [0.25, 0.3) is 10.9 Å². The minimum absolute atomic E-state index is 0.559. The van der Waals surface area contributed by atoms with Crippen molar-refractivity contribution < 1.29 is 4.74 Å². The quantitative estimate of drug-likeness (QED) is 0.723. The number of nitrogens with one attached hydrogen (secondary N) is 1. The van der Waals surface area contributed by atoms with Crippen LogP contribution in [0, 0.1) is 0 Å². The summed E-state index contributed by atoms with van der Waals surface area (Å²) in [5.41, 5.74) is 8.05. The lowest BCUT2D eigenvalue weighted by Crippen LogP contribution is -1.97. The number of nitrogens with zero attached hydrogens (tertiary/aromatic N) is 2. The number of nitrogen functional groups attached to an aromatic ring is 1. The predicted octanol–water partition coefficient (Wildman–Crippen LogP) is 3.62. The van der Waals surface area contributed by atoms with Crippen molar-refractivity contribution in [2.24, 2.45) is 0 Å². The first-order valence-electron chi connectivity index (χ1n) is 6.28. The van der Waals surface area contributed by atoms with E-state index in [0.29, 0.717) is 22.3 Å². The van der Waals surface area contributed by atoms with Gasteiger partial charge in [0.05, 0.1) is 17.6 Å². The van der Waals surface area contributed by atoms with Crippen molar-refractivity contribution in [2.75, 3.05) is 18.2 Å². The van der Waals surface area contributed by atoms with E-state index in [1.165, 1.54) is 6.33 Å². The molecule has 1 heterocycles. The smallest absolute Gasteiger partial charge is 0.141 e. The molecule has 0 atom stereocenters. The molecule has 106 valence electrons. The van der Waals surface area contributed by atoms with E-state index in [1.54, 1.807) is 13.2 Å². The van der Waals surface area contributed by atoms with Gasteiger partial charge in [-0.2, -0.15) is 0 Å². The van der Waals surface area contributed by atoms with E-state index in [1.807, 2.05) is 30.3 Å². The molecule has 3 N–H and O–H groups in total. The first-order chi connectivity index (χ1) is 10.2. The number of benzene rings is 2. The lowest BCUT2D eigenvalue weighted by Gasteiger charge is -2.10. The van der Waals surface area contributed by atoms with Gasteiger partial charge in [0, 0.05) is 22.8 Å². The van der Waals surface area contributed by atoms with Gasteiger partial charge in [0.2, 0.25) is 0 Å². The Morgan fingerprint density at radius 3 is 2.81 bits per heavy atom. The molecule has 3 aromatic rings. The maximum Gasteiger partial charge on any atom is 0.141 e. The standard InChI is InChI=1S/C15H13ClN4O/c1-21-14-7-10(3-5-12(14)16)20-15-11-4-2-9(17)6-13(11)18-8-19-15/h2-8H,17H2,1H3,(H,18,19,20). The molecule has 0 radical (unpaired) electrons. The van der Waals surface area contributed by atoms with E-state index in [2.05, 4.69) is 15.3 Å². The first-order valence-corrected chi connectivity index (χ1v) is 6.66. The molecule has 21 heavy (non-hydrogen) atoms. The SMILES string of the molecule is COc1cc(Nc2ncnc3cc(N)ccc23)ccc1Cl. The molecule has 0 aliphatic rings. The second-order valence-electron chi connectivity index (χ2n) is 4.47. The minimum Gasteiger partial charge on any atom is -0.495 e. The van der Waals surface area contributed by atoms with Crippen molar-refractivity contribution in [3.8, 4) is 5.75 Å². The van der Waals surface area contributed by atoms with Gasteiger partial charge in [-0.05, 0) is 30.3 Å². The van der Waals surface area contributed by atoms with Crippen molar-refractivity contribution in [3.63, 3.8) is 0 Å². The van der Waals surface area contributed by atoms with E-state index >= 15 is 0 Å². The number of ether oxygens (including phenoxy) is 1. The second kappa shape index (κ2) is 5.46. The summed E-state index contributed by atoms with van der Waals surface area (Å²) in [5, 5.41) is 4.69. The summed E-state index contributed by atoms with van der Waals surface area (Å²) in [4.78, 5) is 8.49. The third kappa shape index (κ3) is 2.68. The number of aromatic nitrogens is 2. The van der Waals surface area contributed by atoms with Crippen LogP contribution in [0.2, 0.25) is 5.02 Å². The Kier molecular flexibility index (Phi) is 3.50. The number of halogens is 1. The highest BCUT2D eigenvalue weighted by Crippen LogP contribution is 2.30. The highest BCUT2D eigenvalue weighted by Gasteiger charge is 2.06. The van der Waals surface area contributed by atoms with Gasteiger partial charge in [-0.3, -0.25) is 0 Å². The Balaban J connectivity index is 2.02. The van der Waals surface area contributed by atoms with Gasteiger partial charge in [-0.15, -0.1) is 0 Å². The van der Waals surface area contributed by atoms with Crippen LogP contribution in [0.15, 0.2) is 42.7 Å². The van der Waals surface area contributed by atoms with E-state index in [4.69, 9.17) is 22.1 Å². The van der Waals surface area contributed by atoms with Crippen LogP contribution in [-0.4, -0.2) is 17.1 Å². The molecular weight excluding hydrogens is 288 g/mol. The molecule has 0 aliphatic heterocycles. The number of hydrogen-bond acceptors (Lipinski definition) is 5. The summed E-state index contributed by atoms with van der Waals surface area (Å²) in [6.45, 7) is 0. The molecule has 0 saturated heterocycles. The normalized spacial score (nSPS) is 10.6. The zero-order valence-electron chi connectivity index (χ0n) is 11.3. The molecule has 1 aromatic heterocycles. The zero-order chi connectivity index (χ0) is 14.8. The predicted molar refractivity (Wildman–Crippen MR) is 85.2 cm³/mol. The number of hydrogen-bond donors (Lipinski definition) is 2. The Labute approximate surface area is 126 Å². The third-order valence-corrected chi connectivity index (χ3v) is 3.39. The zero-order valence-corrected chi connectivity index (χ0v) is 12.1. The van der Waals surface area contributed by atoms with Gasteiger partial charge < -0.3 is 15.8 Å². The summed E-state index contributed by atoms with van der Waals surface area (Å²) >= 11 is 6.02. The fourth-order valence-corrected chi connectivity index (χ4v) is 2.24. The van der Waals surface area contributed by atoms with Gasteiger partial charge in [0.1, 0.15) is 17.9 Å². The van der Waals surface area contributed by atoms with E-state index in [-0.39, 0.29) is 0 Å². The Bertz CT molecular complexity index is 807. The number of anilines is 3. The monoisotopic (exact) mass is 300 g/mol. The van der Waals surface area contributed by atoms with Crippen molar-refractivity contribution in [1.29, 1.82) is 0 Å². The van der Waals surface area contributed by atoms with Crippen molar-refractivity contribution in [2.45, 2.75) is 0 Å². The van der Waals surface area contributed by atoms with E-state index in [9.17, 15) is 0 Å². The average molecular weight is 301 g/mol. The van der Waals surface area contributed by atoms with E-state index in [0.717, 1.165) is 16.6 Å². The van der Waals surface area contributed by atoms with Crippen LogP contribution in [0.4, 0.5) is 17.2 Å². The fraction of sp³-hybridized carbons (Fsp3) is 0.0667. The minimum atomic E-state index is 0.559. The maximum atomic E-state index is 6.02. The number of fused-ring (bicyclic) bond motifs is 1. The fourth-order valence-electron chi connectivity index (χ4n) is 2.05. The Hall–Kier alpha value is -2.53. The topological polar surface area (TPSA) is 73.1 Å². The van der Waals surface area contributed by atoms with Crippen LogP contribution >= 0.6 is 11.6 Å². The molecular formula is C15H13ClN4O.